The van der Waals surface area contributed by atoms with Gasteiger partial charge in [0.25, 0.3) is 0 Å². The molecule has 6 heteroatoms. The molecule has 1 atom stereocenters. The molecule has 1 aromatic carbocycles. The maximum atomic E-state index is 12.8. The average molecular weight is 361 g/mol. The maximum absolute atomic E-state index is 12.8. The van der Waals surface area contributed by atoms with Crippen LogP contribution in [0.15, 0.2) is 36.7 Å². The van der Waals surface area contributed by atoms with Gasteiger partial charge in [0, 0.05) is 24.6 Å². The lowest BCUT2D eigenvalue weighted by atomic mass is 9.95. The third-order valence-corrected chi connectivity index (χ3v) is 5.45. The van der Waals surface area contributed by atoms with E-state index in [0.29, 0.717) is 13.1 Å². The fourth-order valence-electron chi connectivity index (χ4n) is 4.07. The first-order valence-electron chi connectivity index (χ1n) is 9.34. The van der Waals surface area contributed by atoms with Gasteiger partial charge in [-0.2, -0.15) is 5.26 Å². The Kier molecular flexibility index (Phi) is 4.78. The lowest BCUT2D eigenvalue weighted by Crippen LogP contribution is -2.38. The molecule has 0 saturated carbocycles. The first-order chi connectivity index (χ1) is 13.1. The number of fused-ring (bicyclic) bond motifs is 1. The molecule has 1 saturated heterocycles. The molecule has 2 aliphatic rings. The van der Waals surface area contributed by atoms with Crippen LogP contribution >= 0.6 is 0 Å². The second-order valence-corrected chi connectivity index (χ2v) is 7.44. The summed E-state index contributed by atoms with van der Waals surface area (Å²) >= 11 is 0. The van der Waals surface area contributed by atoms with Gasteiger partial charge in [0.2, 0.25) is 5.91 Å². The molecule has 138 valence electrons. The molecule has 27 heavy (non-hydrogen) atoms. The number of pyridine rings is 1. The third kappa shape index (κ3) is 3.64. The summed E-state index contributed by atoms with van der Waals surface area (Å²) in [7, 11) is 2.06. The standard InChI is InChI=1S/C21H23N5O/c1-25-8-2-3-16(11-25)21(27)24-18-9-17-12-26(14-22)13-20(17)19(10-18)15-4-6-23-7-5-15/h4-7,9-10,16H,2-3,8,11-13H2,1H3,(H,24,27). The van der Waals surface area contributed by atoms with Gasteiger partial charge in [0.1, 0.15) is 0 Å². The van der Waals surface area contributed by atoms with E-state index in [0.717, 1.165) is 53.9 Å². The Morgan fingerprint density at radius 1 is 1.30 bits per heavy atom. The van der Waals surface area contributed by atoms with Crippen LogP contribution in [-0.2, 0) is 17.9 Å². The number of nitrogens with zero attached hydrogens (tertiary/aromatic N) is 4. The molecule has 1 unspecified atom stereocenters. The SMILES string of the molecule is CN1CCCC(C(=O)Nc2cc3c(c(-c4ccncc4)c2)CN(C#N)C3)C1. The molecule has 0 spiro atoms. The fourth-order valence-corrected chi connectivity index (χ4v) is 4.07. The van der Waals surface area contributed by atoms with E-state index < -0.39 is 0 Å². The molecule has 6 nitrogen and oxygen atoms in total. The zero-order chi connectivity index (χ0) is 18.8. The van der Waals surface area contributed by atoms with Crippen LogP contribution in [0, 0.1) is 17.4 Å². The van der Waals surface area contributed by atoms with E-state index in [4.69, 9.17) is 0 Å². The normalized spacial score (nSPS) is 19.4. The third-order valence-electron chi connectivity index (χ3n) is 5.45. The van der Waals surface area contributed by atoms with E-state index in [9.17, 15) is 10.1 Å². The van der Waals surface area contributed by atoms with E-state index in [1.54, 1.807) is 17.3 Å². The molecule has 3 heterocycles. The molecule has 1 aromatic heterocycles. The molecule has 2 aromatic rings. The van der Waals surface area contributed by atoms with Gasteiger partial charge in [-0.15, -0.1) is 0 Å². The predicted octanol–water partition coefficient (Wildman–Crippen LogP) is 2.83. The van der Waals surface area contributed by atoms with E-state index >= 15 is 0 Å². The summed E-state index contributed by atoms with van der Waals surface area (Å²) in [4.78, 5) is 20.8. The van der Waals surface area contributed by atoms with Crippen molar-refractivity contribution in [2.45, 2.75) is 25.9 Å². The minimum absolute atomic E-state index is 0.0250. The van der Waals surface area contributed by atoms with Crippen LogP contribution in [0.25, 0.3) is 11.1 Å². The van der Waals surface area contributed by atoms with Gasteiger partial charge >= 0.3 is 0 Å². The highest BCUT2D eigenvalue weighted by Crippen LogP contribution is 2.35. The van der Waals surface area contributed by atoms with Crippen LogP contribution in [0.4, 0.5) is 5.69 Å². The topological polar surface area (TPSA) is 72.3 Å². The van der Waals surface area contributed by atoms with E-state index in [-0.39, 0.29) is 11.8 Å². The Morgan fingerprint density at radius 3 is 2.85 bits per heavy atom. The summed E-state index contributed by atoms with van der Waals surface area (Å²) < 4.78 is 0. The largest absolute Gasteiger partial charge is 0.326 e. The molecule has 0 aliphatic carbocycles. The van der Waals surface area contributed by atoms with E-state index in [2.05, 4.69) is 28.4 Å². The van der Waals surface area contributed by atoms with Crippen LogP contribution in [0.5, 0.6) is 0 Å². The van der Waals surface area contributed by atoms with Crippen LogP contribution in [0.3, 0.4) is 0 Å². The highest BCUT2D eigenvalue weighted by molar-refractivity contribution is 5.94. The number of carbonyl (C=O) groups excluding carboxylic acids is 1. The Hall–Kier alpha value is -2.91. The first kappa shape index (κ1) is 17.5. The van der Waals surface area contributed by atoms with Gasteiger partial charge in [-0.3, -0.25) is 9.78 Å². The Morgan fingerprint density at radius 2 is 2.11 bits per heavy atom. The lowest BCUT2D eigenvalue weighted by Gasteiger charge is -2.28. The van der Waals surface area contributed by atoms with Crippen molar-refractivity contribution in [3.05, 3.63) is 47.8 Å². The molecular weight excluding hydrogens is 338 g/mol. The number of likely N-dealkylation sites (tertiary alicyclic amines) is 1. The van der Waals surface area contributed by atoms with Crippen LogP contribution in [-0.4, -0.2) is 40.8 Å². The monoisotopic (exact) mass is 361 g/mol. The summed E-state index contributed by atoms with van der Waals surface area (Å²) in [5, 5.41) is 12.4. The van der Waals surface area contributed by atoms with Gasteiger partial charge in [0.05, 0.1) is 19.0 Å². The number of benzene rings is 1. The van der Waals surface area contributed by atoms with Crippen molar-refractivity contribution in [1.29, 1.82) is 5.26 Å². The van der Waals surface area contributed by atoms with Gasteiger partial charge in [0.15, 0.2) is 6.19 Å². The van der Waals surface area contributed by atoms with Crippen molar-refractivity contribution in [1.82, 2.24) is 14.8 Å². The molecule has 1 N–H and O–H groups in total. The maximum Gasteiger partial charge on any atom is 0.228 e. The summed E-state index contributed by atoms with van der Waals surface area (Å²) in [6.07, 6.45) is 7.75. The van der Waals surface area contributed by atoms with Crippen LogP contribution in [0.2, 0.25) is 0 Å². The minimum Gasteiger partial charge on any atom is -0.326 e. The minimum atomic E-state index is 0.0250. The number of hydrogen-bond donors (Lipinski definition) is 1. The summed E-state index contributed by atoms with van der Waals surface area (Å²) in [5.41, 5.74) is 5.16. The molecule has 1 amide bonds. The van der Waals surface area contributed by atoms with Crippen molar-refractivity contribution in [3.8, 4) is 17.3 Å². The van der Waals surface area contributed by atoms with Crippen molar-refractivity contribution in [2.75, 3.05) is 25.5 Å². The van der Waals surface area contributed by atoms with E-state index in [1.807, 2.05) is 24.3 Å². The Labute approximate surface area is 159 Å². The van der Waals surface area contributed by atoms with Crippen molar-refractivity contribution >= 4 is 11.6 Å². The molecule has 1 fully saturated rings. The number of rotatable bonds is 3. The van der Waals surface area contributed by atoms with Crippen molar-refractivity contribution in [3.63, 3.8) is 0 Å². The van der Waals surface area contributed by atoms with Crippen LogP contribution in [0.1, 0.15) is 24.0 Å². The second kappa shape index (κ2) is 7.37. The average Bonchev–Trinajstić information content (AvgIpc) is 3.11. The van der Waals surface area contributed by atoms with Gasteiger partial charge < -0.3 is 15.1 Å². The highest BCUT2D eigenvalue weighted by atomic mass is 16.1. The quantitative estimate of drug-likeness (QED) is 0.851. The molecule has 2 aliphatic heterocycles. The smallest absolute Gasteiger partial charge is 0.228 e. The van der Waals surface area contributed by atoms with Crippen molar-refractivity contribution < 1.29 is 4.79 Å². The first-order valence-corrected chi connectivity index (χ1v) is 9.34. The number of nitriles is 1. The highest BCUT2D eigenvalue weighted by Gasteiger charge is 2.26. The summed E-state index contributed by atoms with van der Waals surface area (Å²) in [6, 6.07) is 7.97. The van der Waals surface area contributed by atoms with Gasteiger partial charge in [-0.1, -0.05) is 0 Å². The second-order valence-electron chi connectivity index (χ2n) is 7.44. The number of amides is 1. The zero-order valence-corrected chi connectivity index (χ0v) is 15.5. The van der Waals surface area contributed by atoms with E-state index in [1.165, 1.54) is 0 Å². The fraction of sp³-hybridized carbons (Fsp3) is 0.381. The predicted molar refractivity (Wildman–Crippen MR) is 103 cm³/mol. The number of piperidine rings is 1. The Balaban J connectivity index is 1.64. The van der Waals surface area contributed by atoms with Crippen molar-refractivity contribution in [2.24, 2.45) is 5.92 Å². The number of aromatic nitrogens is 1. The Bertz CT molecular complexity index is 889. The number of anilines is 1. The molecule has 0 radical (unpaired) electrons. The van der Waals surface area contributed by atoms with Gasteiger partial charge in [-0.25, -0.2) is 0 Å². The molecule has 0 bridgehead atoms. The van der Waals surface area contributed by atoms with Gasteiger partial charge in [-0.05, 0) is 73.0 Å². The summed E-state index contributed by atoms with van der Waals surface area (Å²) in [6.45, 7) is 3.04. The summed E-state index contributed by atoms with van der Waals surface area (Å²) in [5.74, 6) is 0.106. The lowest BCUT2D eigenvalue weighted by molar-refractivity contribution is -0.121. The number of carbonyl (C=O) groups is 1. The molecule has 4 rings (SSSR count). The molecular formula is C21H23N5O. The van der Waals surface area contributed by atoms with Crippen LogP contribution < -0.4 is 5.32 Å². The number of nitrogens with one attached hydrogen (secondary N) is 1. The zero-order valence-electron chi connectivity index (χ0n) is 15.5. The number of hydrogen-bond acceptors (Lipinski definition) is 5.